The third-order valence-electron chi connectivity index (χ3n) is 4.18. The fourth-order valence-electron chi connectivity index (χ4n) is 2.77. The van der Waals surface area contributed by atoms with E-state index in [0.29, 0.717) is 22.6 Å². The van der Waals surface area contributed by atoms with Crippen molar-refractivity contribution in [2.45, 2.75) is 43.6 Å². The van der Waals surface area contributed by atoms with E-state index >= 15 is 0 Å². The van der Waals surface area contributed by atoms with Gasteiger partial charge in [0.25, 0.3) is 5.56 Å². The lowest BCUT2D eigenvalue weighted by molar-refractivity contribution is 0.541. The molecule has 0 aliphatic heterocycles. The Balaban J connectivity index is 1.95. The molecule has 0 aliphatic rings. The van der Waals surface area contributed by atoms with Crippen LogP contribution in [0.3, 0.4) is 0 Å². The van der Waals surface area contributed by atoms with Crippen LogP contribution in [0, 0.1) is 11.6 Å². The van der Waals surface area contributed by atoms with Gasteiger partial charge in [-0.05, 0) is 36.8 Å². The maximum atomic E-state index is 13.9. The van der Waals surface area contributed by atoms with E-state index in [1.54, 1.807) is 16.7 Å². The van der Waals surface area contributed by atoms with E-state index in [0.717, 1.165) is 31.4 Å². The lowest BCUT2D eigenvalue weighted by Gasteiger charge is -2.13. The summed E-state index contributed by atoms with van der Waals surface area (Å²) >= 11 is 1.26. The normalized spacial score (nSPS) is 11.2. The van der Waals surface area contributed by atoms with Crippen molar-refractivity contribution in [2.75, 3.05) is 0 Å². The molecule has 6 heteroatoms. The molecule has 0 unspecified atom stereocenters. The van der Waals surface area contributed by atoms with Crippen molar-refractivity contribution in [3.63, 3.8) is 0 Å². The number of hydrogen-bond acceptors (Lipinski definition) is 3. The molecule has 2 aromatic carbocycles. The molecule has 0 atom stereocenters. The second kappa shape index (κ2) is 8.45. The Hall–Kier alpha value is -2.21. The average Bonchev–Trinajstić information content (AvgIpc) is 2.64. The fraction of sp³-hybridized carbons (Fsp3) is 0.300. The average molecular weight is 374 g/mol. The first-order valence-electron chi connectivity index (χ1n) is 8.66. The van der Waals surface area contributed by atoms with Gasteiger partial charge in [0, 0.05) is 17.9 Å². The van der Waals surface area contributed by atoms with E-state index < -0.39 is 11.6 Å². The van der Waals surface area contributed by atoms with Gasteiger partial charge in [-0.15, -0.1) is 0 Å². The first-order valence-corrected chi connectivity index (χ1v) is 9.65. The molecule has 136 valence electrons. The number of benzene rings is 2. The van der Waals surface area contributed by atoms with Crippen molar-refractivity contribution < 1.29 is 8.78 Å². The van der Waals surface area contributed by atoms with Crippen LogP contribution in [0.25, 0.3) is 10.9 Å². The third-order valence-corrected chi connectivity index (χ3v) is 5.20. The van der Waals surface area contributed by atoms with Crippen molar-refractivity contribution in [1.82, 2.24) is 9.55 Å². The van der Waals surface area contributed by atoms with Gasteiger partial charge < -0.3 is 0 Å². The Kier molecular flexibility index (Phi) is 6.04. The lowest BCUT2D eigenvalue weighted by Crippen LogP contribution is -2.23. The maximum absolute atomic E-state index is 13.9. The molecule has 3 aromatic rings. The summed E-state index contributed by atoms with van der Waals surface area (Å²) in [6, 6.07) is 10.6. The van der Waals surface area contributed by atoms with Crippen molar-refractivity contribution >= 4 is 22.7 Å². The minimum absolute atomic E-state index is 0.0890. The van der Waals surface area contributed by atoms with Crippen molar-refractivity contribution in [3.8, 4) is 0 Å². The molecule has 1 heterocycles. The maximum Gasteiger partial charge on any atom is 0.262 e. The topological polar surface area (TPSA) is 34.9 Å². The van der Waals surface area contributed by atoms with Crippen LogP contribution in [0.15, 0.2) is 52.4 Å². The number of para-hydroxylation sites is 1. The second-order valence-corrected chi connectivity index (χ2v) is 7.04. The summed E-state index contributed by atoms with van der Waals surface area (Å²) in [5.74, 6) is -0.726. The number of rotatable bonds is 7. The van der Waals surface area contributed by atoms with Crippen molar-refractivity contribution in [3.05, 3.63) is 70.0 Å². The Labute approximate surface area is 155 Å². The van der Waals surface area contributed by atoms with Gasteiger partial charge in [0.15, 0.2) is 5.16 Å². The third kappa shape index (κ3) is 4.12. The van der Waals surface area contributed by atoms with Crippen LogP contribution in [0.2, 0.25) is 0 Å². The van der Waals surface area contributed by atoms with Crippen molar-refractivity contribution in [2.24, 2.45) is 0 Å². The summed E-state index contributed by atoms with van der Waals surface area (Å²) in [5.41, 5.74) is 0.790. The smallest absolute Gasteiger partial charge is 0.262 e. The van der Waals surface area contributed by atoms with Crippen LogP contribution in [0.4, 0.5) is 8.78 Å². The molecule has 0 saturated carbocycles. The molecule has 0 spiro atoms. The minimum Gasteiger partial charge on any atom is -0.287 e. The van der Waals surface area contributed by atoms with E-state index in [1.165, 1.54) is 17.8 Å². The SMILES string of the molecule is CCCCCn1c(SCc2cc(F)ccc2F)nc2ccccc2c1=O. The van der Waals surface area contributed by atoms with Crippen LogP contribution in [0.1, 0.15) is 31.7 Å². The number of fused-ring (bicyclic) bond motifs is 1. The zero-order valence-corrected chi connectivity index (χ0v) is 15.4. The number of aromatic nitrogens is 2. The predicted octanol–water partition coefficient (Wildman–Crippen LogP) is 5.16. The number of nitrogens with zero attached hydrogens (tertiary/aromatic N) is 2. The van der Waals surface area contributed by atoms with Crippen LogP contribution in [-0.2, 0) is 12.3 Å². The zero-order valence-electron chi connectivity index (χ0n) is 14.5. The van der Waals surface area contributed by atoms with E-state index in [9.17, 15) is 13.6 Å². The van der Waals surface area contributed by atoms with Crippen molar-refractivity contribution in [1.29, 1.82) is 0 Å². The molecule has 26 heavy (non-hydrogen) atoms. The van der Waals surface area contributed by atoms with Crippen LogP contribution in [0.5, 0.6) is 0 Å². The van der Waals surface area contributed by atoms with E-state index in [4.69, 9.17) is 0 Å². The molecular formula is C20H20F2N2OS. The van der Waals surface area contributed by atoms with Gasteiger partial charge in [-0.1, -0.05) is 43.7 Å². The van der Waals surface area contributed by atoms with Gasteiger partial charge in [0.2, 0.25) is 0 Å². The summed E-state index contributed by atoms with van der Waals surface area (Å²) in [6.07, 6.45) is 2.94. The highest BCUT2D eigenvalue weighted by Crippen LogP contribution is 2.24. The van der Waals surface area contributed by atoms with E-state index in [-0.39, 0.29) is 16.9 Å². The molecule has 0 radical (unpaired) electrons. The van der Waals surface area contributed by atoms with Gasteiger partial charge in [-0.25, -0.2) is 13.8 Å². The summed E-state index contributed by atoms with van der Waals surface area (Å²) in [5, 5.41) is 1.11. The minimum atomic E-state index is -0.478. The predicted molar refractivity (Wildman–Crippen MR) is 101 cm³/mol. The first-order chi connectivity index (χ1) is 12.6. The standard InChI is InChI=1S/C20H20F2N2OS/c1-2-3-6-11-24-19(25)16-7-4-5-8-18(16)23-20(24)26-13-14-12-15(21)9-10-17(14)22/h4-5,7-10,12H,2-3,6,11,13H2,1H3. The summed E-state index contributed by atoms with van der Waals surface area (Å²) in [6.45, 7) is 2.67. The highest BCUT2D eigenvalue weighted by molar-refractivity contribution is 7.98. The Morgan fingerprint density at radius 2 is 1.92 bits per heavy atom. The second-order valence-electron chi connectivity index (χ2n) is 6.10. The van der Waals surface area contributed by atoms with Crippen LogP contribution in [-0.4, -0.2) is 9.55 Å². The number of hydrogen-bond donors (Lipinski definition) is 0. The number of halogens is 2. The molecular weight excluding hydrogens is 354 g/mol. The van der Waals surface area contributed by atoms with Gasteiger partial charge in [-0.2, -0.15) is 0 Å². The highest BCUT2D eigenvalue weighted by atomic mass is 32.2. The van der Waals surface area contributed by atoms with E-state index in [1.807, 2.05) is 12.1 Å². The highest BCUT2D eigenvalue weighted by Gasteiger charge is 2.13. The molecule has 0 N–H and O–H groups in total. The molecule has 0 aliphatic carbocycles. The first kappa shape index (κ1) is 18.6. The lowest BCUT2D eigenvalue weighted by atomic mass is 10.2. The van der Waals surface area contributed by atoms with Gasteiger partial charge in [0.1, 0.15) is 11.6 Å². The van der Waals surface area contributed by atoms with Crippen LogP contribution >= 0.6 is 11.8 Å². The van der Waals surface area contributed by atoms with Gasteiger partial charge in [0.05, 0.1) is 10.9 Å². The van der Waals surface area contributed by atoms with Gasteiger partial charge >= 0.3 is 0 Å². The fourth-order valence-corrected chi connectivity index (χ4v) is 3.77. The molecule has 0 amide bonds. The zero-order chi connectivity index (χ0) is 18.5. The molecule has 0 fully saturated rings. The summed E-state index contributed by atoms with van der Waals surface area (Å²) < 4.78 is 28.9. The molecule has 0 saturated heterocycles. The van der Waals surface area contributed by atoms with Gasteiger partial charge in [-0.3, -0.25) is 9.36 Å². The summed E-state index contributed by atoms with van der Waals surface area (Å²) in [7, 11) is 0. The monoisotopic (exact) mass is 374 g/mol. The number of thioether (sulfide) groups is 1. The van der Waals surface area contributed by atoms with E-state index in [2.05, 4.69) is 11.9 Å². The quantitative estimate of drug-likeness (QED) is 0.326. The Morgan fingerprint density at radius 1 is 1.12 bits per heavy atom. The molecule has 3 nitrogen and oxygen atoms in total. The molecule has 0 bridgehead atoms. The van der Waals surface area contributed by atoms with Crippen LogP contribution < -0.4 is 5.56 Å². The Bertz CT molecular complexity index is 972. The molecule has 3 rings (SSSR count). The molecule has 1 aromatic heterocycles. The largest absolute Gasteiger partial charge is 0.287 e. The Morgan fingerprint density at radius 3 is 2.73 bits per heavy atom. The summed E-state index contributed by atoms with van der Waals surface area (Å²) in [4.78, 5) is 17.4. The number of unbranched alkanes of at least 4 members (excludes halogenated alkanes) is 2.